The van der Waals surface area contributed by atoms with E-state index < -0.39 is 11.9 Å². The van der Waals surface area contributed by atoms with Gasteiger partial charge in [-0.3, -0.25) is 4.79 Å². The molecule has 0 unspecified atom stereocenters. The van der Waals surface area contributed by atoms with Gasteiger partial charge < -0.3 is 19.5 Å². The van der Waals surface area contributed by atoms with Crippen molar-refractivity contribution in [1.82, 2.24) is 4.98 Å². The molecule has 0 atom stereocenters. The van der Waals surface area contributed by atoms with Crippen LogP contribution in [0.4, 0.5) is 5.69 Å². The van der Waals surface area contributed by atoms with Crippen molar-refractivity contribution in [2.45, 2.75) is 20.8 Å². The monoisotopic (exact) mass is 358 g/mol. The van der Waals surface area contributed by atoms with Crippen LogP contribution >= 0.6 is 0 Å². The number of rotatable bonds is 8. The van der Waals surface area contributed by atoms with Crippen LogP contribution in [0.25, 0.3) is 0 Å². The number of nitrogens with one attached hydrogen (secondary N) is 1. The van der Waals surface area contributed by atoms with Gasteiger partial charge in [-0.15, -0.1) is 0 Å². The first-order valence-corrected chi connectivity index (χ1v) is 8.44. The van der Waals surface area contributed by atoms with Crippen molar-refractivity contribution in [3.8, 4) is 11.5 Å². The molecule has 0 aliphatic heterocycles. The lowest BCUT2D eigenvalue weighted by Crippen LogP contribution is -2.16. The van der Waals surface area contributed by atoms with Crippen LogP contribution in [0.1, 0.15) is 41.7 Å². The average molecular weight is 358 g/mol. The molecule has 1 aromatic carbocycles. The summed E-state index contributed by atoms with van der Waals surface area (Å²) in [5.74, 6) is 0.139. The molecule has 2 rings (SSSR count). The number of anilines is 1. The molecule has 138 valence electrons. The van der Waals surface area contributed by atoms with Crippen LogP contribution in [0.2, 0.25) is 0 Å². The molecule has 0 aliphatic rings. The molecular weight excluding hydrogens is 336 g/mol. The van der Waals surface area contributed by atoms with Gasteiger partial charge in [0.1, 0.15) is 11.4 Å². The van der Waals surface area contributed by atoms with E-state index in [4.69, 9.17) is 14.2 Å². The number of hydrogen-bond acceptors (Lipinski definition) is 6. The van der Waals surface area contributed by atoms with Crippen LogP contribution in [0.5, 0.6) is 11.5 Å². The summed E-state index contributed by atoms with van der Waals surface area (Å²) in [6.07, 6.45) is 0. The molecule has 0 spiro atoms. The Hall–Kier alpha value is -3.09. The Balaban J connectivity index is 2.18. The summed E-state index contributed by atoms with van der Waals surface area (Å²) in [6.45, 7) is 6.68. The molecule has 26 heavy (non-hydrogen) atoms. The minimum atomic E-state index is -0.568. The summed E-state index contributed by atoms with van der Waals surface area (Å²) in [6, 6.07) is 9.72. The maximum Gasteiger partial charge on any atom is 0.356 e. The lowest BCUT2D eigenvalue weighted by atomic mass is 10.2. The highest BCUT2D eigenvalue weighted by molar-refractivity contribution is 6.03. The number of amides is 1. The molecule has 0 saturated heterocycles. The molecule has 7 heteroatoms. The second-order valence-corrected chi connectivity index (χ2v) is 5.11. The minimum absolute atomic E-state index is 0.0844. The highest BCUT2D eigenvalue weighted by atomic mass is 16.5. The number of hydrogen-bond donors (Lipinski definition) is 1. The van der Waals surface area contributed by atoms with E-state index in [-0.39, 0.29) is 18.0 Å². The predicted molar refractivity (Wildman–Crippen MR) is 96.9 cm³/mol. The zero-order valence-corrected chi connectivity index (χ0v) is 15.1. The van der Waals surface area contributed by atoms with Gasteiger partial charge in [0, 0.05) is 11.8 Å². The standard InChI is InChI=1S/C19H22N2O5/c1-4-24-16-11-10-13(12-17(16)25-5-2)20-18(22)14-8-7-9-15(21-14)19(23)26-6-3/h7-12H,4-6H2,1-3H3,(H,20,22). The third kappa shape index (κ3) is 4.95. The van der Waals surface area contributed by atoms with E-state index >= 15 is 0 Å². The number of benzene rings is 1. The normalized spacial score (nSPS) is 10.1. The molecule has 0 radical (unpaired) electrons. The molecular formula is C19H22N2O5. The molecule has 1 N–H and O–H groups in total. The summed E-state index contributed by atoms with van der Waals surface area (Å²) in [7, 11) is 0. The Morgan fingerprint density at radius 2 is 1.62 bits per heavy atom. The van der Waals surface area contributed by atoms with Crippen molar-refractivity contribution in [1.29, 1.82) is 0 Å². The summed E-state index contributed by atoms with van der Waals surface area (Å²) < 4.78 is 15.9. The number of nitrogens with zero attached hydrogens (tertiary/aromatic N) is 1. The third-order valence-electron chi connectivity index (χ3n) is 3.27. The Morgan fingerprint density at radius 3 is 2.31 bits per heavy atom. The van der Waals surface area contributed by atoms with Crippen molar-refractivity contribution >= 4 is 17.6 Å². The number of pyridine rings is 1. The number of aromatic nitrogens is 1. The van der Waals surface area contributed by atoms with Gasteiger partial charge in [0.15, 0.2) is 11.5 Å². The minimum Gasteiger partial charge on any atom is -0.490 e. The van der Waals surface area contributed by atoms with Crippen LogP contribution in [0, 0.1) is 0 Å². The van der Waals surface area contributed by atoms with Crippen LogP contribution in [-0.2, 0) is 4.74 Å². The molecule has 0 fully saturated rings. The van der Waals surface area contributed by atoms with E-state index in [1.54, 1.807) is 31.2 Å². The van der Waals surface area contributed by atoms with Crippen molar-refractivity contribution in [2.24, 2.45) is 0 Å². The summed E-state index contributed by atoms with van der Waals surface area (Å²) in [5.41, 5.74) is 0.730. The van der Waals surface area contributed by atoms with Gasteiger partial charge in [-0.25, -0.2) is 9.78 Å². The first-order valence-electron chi connectivity index (χ1n) is 8.44. The third-order valence-corrected chi connectivity index (χ3v) is 3.27. The molecule has 7 nitrogen and oxygen atoms in total. The number of ether oxygens (including phenoxy) is 3. The highest BCUT2D eigenvalue weighted by Crippen LogP contribution is 2.30. The lowest BCUT2D eigenvalue weighted by molar-refractivity contribution is 0.0519. The maximum absolute atomic E-state index is 12.4. The Morgan fingerprint density at radius 1 is 0.923 bits per heavy atom. The van der Waals surface area contributed by atoms with Gasteiger partial charge in [-0.05, 0) is 45.0 Å². The van der Waals surface area contributed by atoms with Crippen molar-refractivity contribution in [2.75, 3.05) is 25.1 Å². The van der Waals surface area contributed by atoms with Gasteiger partial charge in [0.2, 0.25) is 0 Å². The average Bonchev–Trinajstić information content (AvgIpc) is 2.64. The van der Waals surface area contributed by atoms with E-state index in [9.17, 15) is 9.59 Å². The second-order valence-electron chi connectivity index (χ2n) is 5.11. The fourth-order valence-electron chi connectivity index (χ4n) is 2.20. The first kappa shape index (κ1) is 19.2. The van der Waals surface area contributed by atoms with Crippen LogP contribution in [0.3, 0.4) is 0 Å². The highest BCUT2D eigenvalue weighted by Gasteiger charge is 2.14. The summed E-state index contributed by atoms with van der Waals surface area (Å²) in [4.78, 5) is 28.2. The topological polar surface area (TPSA) is 86.8 Å². The Labute approximate surface area is 152 Å². The zero-order chi connectivity index (χ0) is 18.9. The van der Waals surface area contributed by atoms with Gasteiger partial charge in [0.05, 0.1) is 19.8 Å². The van der Waals surface area contributed by atoms with E-state index in [1.165, 1.54) is 12.1 Å². The smallest absolute Gasteiger partial charge is 0.356 e. The van der Waals surface area contributed by atoms with E-state index in [2.05, 4.69) is 10.3 Å². The van der Waals surface area contributed by atoms with E-state index in [0.29, 0.717) is 30.4 Å². The van der Waals surface area contributed by atoms with Gasteiger partial charge >= 0.3 is 5.97 Å². The maximum atomic E-state index is 12.4. The Bertz CT molecular complexity index is 776. The van der Waals surface area contributed by atoms with Crippen LogP contribution in [0.15, 0.2) is 36.4 Å². The molecule has 0 bridgehead atoms. The van der Waals surface area contributed by atoms with Gasteiger partial charge in [-0.1, -0.05) is 6.07 Å². The SMILES string of the molecule is CCOC(=O)c1cccc(C(=O)Nc2ccc(OCC)c(OCC)c2)n1. The predicted octanol–water partition coefficient (Wildman–Crippen LogP) is 3.31. The fourth-order valence-corrected chi connectivity index (χ4v) is 2.20. The van der Waals surface area contributed by atoms with Crippen molar-refractivity contribution in [3.63, 3.8) is 0 Å². The fraction of sp³-hybridized carbons (Fsp3) is 0.316. The summed E-state index contributed by atoms with van der Waals surface area (Å²) in [5, 5.41) is 2.74. The largest absolute Gasteiger partial charge is 0.490 e. The van der Waals surface area contributed by atoms with Crippen molar-refractivity contribution < 1.29 is 23.8 Å². The second kappa shape index (κ2) is 9.41. The first-order chi connectivity index (χ1) is 12.6. The van der Waals surface area contributed by atoms with E-state index in [0.717, 1.165) is 0 Å². The number of carbonyl (C=O) groups is 2. The van der Waals surface area contributed by atoms with E-state index in [1.807, 2.05) is 13.8 Å². The van der Waals surface area contributed by atoms with Crippen LogP contribution in [-0.4, -0.2) is 36.7 Å². The van der Waals surface area contributed by atoms with Gasteiger partial charge in [0.25, 0.3) is 5.91 Å². The number of carbonyl (C=O) groups excluding carboxylic acids is 2. The molecule has 1 amide bonds. The lowest BCUT2D eigenvalue weighted by Gasteiger charge is -2.13. The molecule has 1 heterocycles. The molecule has 2 aromatic rings. The van der Waals surface area contributed by atoms with Crippen LogP contribution < -0.4 is 14.8 Å². The van der Waals surface area contributed by atoms with Gasteiger partial charge in [-0.2, -0.15) is 0 Å². The molecule has 1 aromatic heterocycles. The summed E-state index contributed by atoms with van der Waals surface area (Å²) >= 11 is 0. The quantitative estimate of drug-likeness (QED) is 0.729. The van der Waals surface area contributed by atoms with Crippen molar-refractivity contribution in [3.05, 3.63) is 47.8 Å². The molecule has 0 aliphatic carbocycles. The molecule has 0 saturated carbocycles. The zero-order valence-electron chi connectivity index (χ0n) is 15.1. The number of esters is 1. The Kier molecular flexibility index (Phi) is 6.96.